The monoisotopic (exact) mass is 262 g/mol. The number of carbonyl (C=O) groups is 1. The number of pyridine rings is 1. The van der Waals surface area contributed by atoms with Crippen LogP contribution in [-0.4, -0.2) is 42.0 Å². The maximum Gasteiger partial charge on any atom is 0.269 e. The number of aromatic nitrogens is 1. The molecule has 1 aliphatic heterocycles. The van der Waals surface area contributed by atoms with E-state index in [0.29, 0.717) is 18.8 Å². The summed E-state index contributed by atoms with van der Waals surface area (Å²) in [5.74, 6) is -0.111. The molecule has 0 saturated carbocycles. The second kappa shape index (κ2) is 7.21. The van der Waals surface area contributed by atoms with Crippen molar-refractivity contribution in [2.75, 3.05) is 26.2 Å². The van der Waals surface area contributed by atoms with Gasteiger partial charge in [-0.15, -0.1) is 0 Å². The third-order valence-corrected chi connectivity index (χ3v) is 3.46. The minimum atomic E-state index is -0.111. The molecular weight excluding hydrogens is 240 g/mol. The fourth-order valence-corrected chi connectivity index (χ4v) is 2.28. The van der Waals surface area contributed by atoms with E-state index in [-0.39, 0.29) is 5.91 Å². The lowest BCUT2D eigenvalue weighted by molar-refractivity contribution is 0.0941. The van der Waals surface area contributed by atoms with E-state index in [2.05, 4.69) is 15.2 Å². The summed E-state index contributed by atoms with van der Waals surface area (Å²) in [7, 11) is 0. The molecule has 19 heavy (non-hydrogen) atoms. The minimum Gasteiger partial charge on any atom is -0.349 e. The Morgan fingerprint density at radius 3 is 2.74 bits per heavy atom. The fraction of sp³-hybridized carbons (Fsp3) is 0.571. The van der Waals surface area contributed by atoms with E-state index >= 15 is 0 Å². The zero-order chi connectivity index (χ0) is 13.5. The molecule has 5 nitrogen and oxygen atoms in total. The highest BCUT2D eigenvalue weighted by molar-refractivity contribution is 5.92. The molecule has 0 unspecified atom stereocenters. The lowest BCUT2D eigenvalue weighted by Crippen LogP contribution is -2.37. The zero-order valence-electron chi connectivity index (χ0n) is 11.3. The SMILES string of the molecule is NCc1ccc(C(=O)NCCN2CCCCC2)nc1. The van der Waals surface area contributed by atoms with Crippen LogP contribution in [0.2, 0.25) is 0 Å². The normalized spacial score (nSPS) is 16.3. The molecule has 0 spiro atoms. The van der Waals surface area contributed by atoms with E-state index in [0.717, 1.165) is 25.2 Å². The van der Waals surface area contributed by atoms with Gasteiger partial charge in [-0.2, -0.15) is 0 Å². The van der Waals surface area contributed by atoms with Gasteiger partial charge in [0.25, 0.3) is 5.91 Å². The van der Waals surface area contributed by atoms with E-state index in [9.17, 15) is 4.79 Å². The molecule has 1 fully saturated rings. The largest absolute Gasteiger partial charge is 0.349 e. The molecule has 1 aliphatic rings. The van der Waals surface area contributed by atoms with Crippen LogP contribution < -0.4 is 11.1 Å². The van der Waals surface area contributed by atoms with Crippen molar-refractivity contribution >= 4 is 5.91 Å². The molecule has 3 N–H and O–H groups in total. The van der Waals surface area contributed by atoms with Gasteiger partial charge in [0.2, 0.25) is 0 Å². The van der Waals surface area contributed by atoms with Gasteiger partial charge in [0.05, 0.1) is 0 Å². The number of carbonyl (C=O) groups excluding carboxylic acids is 1. The van der Waals surface area contributed by atoms with Gasteiger partial charge in [0.1, 0.15) is 5.69 Å². The summed E-state index contributed by atoms with van der Waals surface area (Å²) in [6, 6.07) is 3.56. The van der Waals surface area contributed by atoms with Gasteiger partial charge in [-0.05, 0) is 37.6 Å². The summed E-state index contributed by atoms with van der Waals surface area (Å²) < 4.78 is 0. The van der Waals surface area contributed by atoms with Crippen molar-refractivity contribution in [1.82, 2.24) is 15.2 Å². The first-order valence-corrected chi connectivity index (χ1v) is 6.95. The summed E-state index contributed by atoms with van der Waals surface area (Å²) in [4.78, 5) is 18.4. The Hall–Kier alpha value is -1.46. The minimum absolute atomic E-state index is 0.111. The first-order valence-electron chi connectivity index (χ1n) is 6.95. The molecular formula is C14H22N4O. The molecule has 1 aromatic rings. The summed E-state index contributed by atoms with van der Waals surface area (Å²) in [6.07, 6.45) is 5.53. The maximum absolute atomic E-state index is 11.9. The van der Waals surface area contributed by atoms with Gasteiger partial charge in [0, 0.05) is 25.8 Å². The van der Waals surface area contributed by atoms with Crippen LogP contribution in [-0.2, 0) is 6.54 Å². The van der Waals surface area contributed by atoms with Crippen LogP contribution in [0.3, 0.4) is 0 Å². The fourth-order valence-electron chi connectivity index (χ4n) is 2.28. The molecule has 0 bridgehead atoms. The van der Waals surface area contributed by atoms with Gasteiger partial charge >= 0.3 is 0 Å². The number of nitrogens with one attached hydrogen (secondary N) is 1. The first-order chi connectivity index (χ1) is 9.29. The Morgan fingerprint density at radius 1 is 1.32 bits per heavy atom. The van der Waals surface area contributed by atoms with Gasteiger partial charge < -0.3 is 16.0 Å². The van der Waals surface area contributed by atoms with E-state index in [4.69, 9.17) is 5.73 Å². The Kier molecular flexibility index (Phi) is 5.30. The van der Waals surface area contributed by atoms with E-state index in [1.807, 2.05) is 6.07 Å². The molecule has 1 amide bonds. The van der Waals surface area contributed by atoms with Crippen LogP contribution in [0.4, 0.5) is 0 Å². The number of hydrogen-bond acceptors (Lipinski definition) is 4. The third-order valence-electron chi connectivity index (χ3n) is 3.46. The van der Waals surface area contributed by atoms with Crippen molar-refractivity contribution in [3.63, 3.8) is 0 Å². The predicted octanol–water partition coefficient (Wildman–Crippen LogP) is 0.756. The predicted molar refractivity (Wildman–Crippen MR) is 74.8 cm³/mol. The molecule has 0 aromatic carbocycles. The van der Waals surface area contributed by atoms with E-state index in [1.54, 1.807) is 12.3 Å². The standard InChI is InChI=1S/C14H22N4O/c15-10-12-4-5-13(17-11-12)14(19)16-6-9-18-7-2-1-3-8-18/h4-5,11H,1-3,6-10,15H2,(H,16,19). The Morgan fingerprint density at radius 2 is 2.11 bits per heavy atom. The van der Waals surface area contributed by atoms with E-state index in [1.165, 1.54) is 19.3 Å². The number of hydrogen-bond donors (Lipinski definition) is 2. The smallest absolute Gasteiger partial charge is 0.269 e. The van der Waals surface area contributed by atoms with Gasteiger partial charge in [0.15, 0.2) is 0 Å². The van der Waals surface area contributed by atoms with Crippen LogP contribution >= 0.6 is 0 Å². The Bertz CT molecular complexity index is 398. The van der Waals surface area contributed by atoms with Gasteiger partial charge in [-0.1, -0.05) is 12.5 Å². The van der Waals surface area contributed by atoms with E-state index < -0.39 is 0 Å². The van der Waals surface area contributed by atoms with Crippen LogP contribution in [0.1, 0.15) is 35.3 Å². The highest BCUT2D eigenvalue weighted by Gasteiger charge is 2.11. The summed E-state index contributed by atoms with van der Waals surface area (Å²) in [6.45, 7) is 4.36. The van der Waals surface area contributed by atoms with Crippen molar-refractivity contribution < 1.29 is 4.79 Å². The topological polar surface area (TPSA) is 71.2 Å². The molecule has 2 heterocycles. The zero-order valence-corrected chi connectivity index (χ0v) is 11.3. The molecule has 104 valence electrons. The summed E-state index contributed by atoms with van der Waals surface area (Å²) >= 11 is 0. The third kappa shape index (κ3) is 4.29. The average molecular weight is 262 g/mol. The first kappa shape index (κ1) is 14.0. The lowest BCUT2D eigenvalue weighted by Gasteiger charge is -2.26. The average Bonchev–Trinajstić information content (AvgIpc) is 2.48. The number of nitrogens with two attached hydrogens (primary N) is 1. The highest BCUT2D eigenvalue weighted by Crippen LogP contribution is 2.07. The van der Waals surface area contributed by atoms with Crippen molar-refractivity contribution in [1.29, 1.82) is 0 Å². The summed E-state index contributed by atoms with van der Waals surface area (Å²) in [5.41, 5.74) is 6.88. The van der Waals surface area contributed by atoms with Crippen LogP contribution in [0.15, 0.2) is 18.3 Å². The lowest BCUT2D eigenvalue weighted by atomic mass is 10.1. The molecule has 0 aliphatic carbocycles. The molecule has 5 heteroatoms. The summed E-state index contributed by atoms with van der Waals surface area (Å²) in [5, 5.41) is 2.91. The van der Waals surface area contributed by atoms with Gasteiger partial charge in [-0.25, -0.2) is 0 Å². The van der Waals surface area contributed by atoms with Crippen molar-refractivity contribution in [3.8, 4) is 0 Å². The quantitative estimate of drug-likeness (QED) is 0.821. The maximum atomic E-state index is 11.9. The molecule has 1 saturated heterocycles. The number of nitrogens with zero attached hydrogens (tertiary/aromatic N) is 2. The molecule has 0 atom stereocenters. The molecule has 2 rings (SSSR count). The van der Waals surface area contributed by atoms with Crippen molar-refractivity contribution in [2.24, 2.45) is 5.73 Å². The highest BCUT2D eigenvalue weighted by atomic mass is 16.1. The second-order valence-corrected chi connectivity index (χ2v) is 4.91. The number of likely N-dealkylation sites (tertiary alicyclic amines) is 1. The van der Waals surface area contributed by atoms with Crippen molar-refractivity contribution in [3.05, 3.63) is 29.6 Å². The van der Waals surface area contributed by atoms with Crippen LogP contribution in [0, 0.1) is 0 Å². The Labute approximate surface area is 114 Å². The number of piperidine rings is 1. The number of rotatable bonds is 5. The molecule has 0 radical (unpaired) electrons. The second-order valence-electron chi connectivity index (χ2n) is 4.91. The Balaban J connectivity index is 1.73. The van der Waals surface area contributed by atoms with Crippen LogP contribution in [0.25, 0.3) is 0 Å². The molecule has 1 aromatic heterocycles. The van der Waals surface area contributed by atoms with Crippen molar-refractivity contribution in [2.45, 2.75) is 25.8 Å². The number of amides is 1. The van der Waals surface area contributed by atoms with Crippen LogP contribution in [0.5, 0.6) is 0 Å². The van der Waals surface area contributed by atoms with Gasteiger partial charge in [-0.3, -0.25) is 9.78 Å².